The summed E-state index contributed by atoms with van der Waals surface area (Å²) in [5.74, 6) is -1.63. The molecule has 4 heterocycles. The number of benzene rings is 1. The van der Waals surface area contributed by atoms with Crippen LogP contribution < -0.4 is 20.5 Å². The number of nitrogens with zero attached hydrogens (tertiary/aromatic N) is 3. The van der Waals surface area contributed by atoms with Gasteiger partial charge in [0.15, 0.2) is 29.0 Å². The van der Waals surface area contributed by atoms with E-state index in [1.807, 2.05) is 0 Å². The SMILES string of the molecule is C1CCOCC1.COc1cc(OC)c(F)c(-c2cc3cnc(N)nc3c(NC3CCOCC3)n2)c1F. The van der Waals surface area contributed by atoms with Crippen LogP contribution in [0.5, 0.6) is 11.5 Å². The fourth-order valence-corrected chi connectivity index (χ4v) is 4.11. The van der Waals surface area contributed by atoms with Gasteiger partial charge in [-0.15, -0.1) is 0 Å². The van der Waals surface area contributed by atoms with Gasteiger partial charge in [0.2, 0.25) is 5.95 Å². The van der Waals surface area contributed by atoms with Gasteiger partial charge < -0.3 is 30.0 Å². The van der Waals surface area contributed by atoms with E-state index in [0.717, 1.165) is 32.1 Å². The molecule has 9 nitrogen and oxygen atoms in total. The van der Waals surface area contributed by atoms with Crippen molar-refractivity contribution < 1.29 is 27.7 Å². The topological polar surface area (TPSA) is 114 Å². The first-order chi connectivity index (χ1) is 17.5. The number of nitrogen functional groups attached to an aromatic ring is 1. The molecule has 2 aliphatic rings. The van der Waals surface area contributed by atoms with Crippen LogP contribution in [0.1, 0.15) is 32.1 Å². The van der Waals surface area contributed by atoms with E-state index < -0.39 is 11.6 Å². The van der Waals surface area contributed by atoms with E-state index in [0.29, 0.717) is 29.9 Å². The van der Waals surface area contributed by atoms with Crippen LogP contribution in [0.15, 0.2) is 18.3 Å². The minimum atomic E-state index is -0.879. The first-order valence-electron chi connectivity index (χ1n) is 12.0. The molecule has 0 radical (unpaired) electrons. The number of nitrogens with two attached hydrogens (primary N) is 1. The fraction of sp³-hybridized carbons (Fsp3) is 0.480. The zero-order valence-corrected chi connectivity index (χ0v) is 20.5. The van der Waals surface area contributed by atoms with Gasteiger partial charge in [0.25, 0.3) is 0 Å². The zero-order chi connectivity index (χ0) is 25.5. The van der Waals surface area contributed by atoms with Gasteiger partial charge in [0.05, 0.1) is 25.5 Å². The Morgan fingerprint density at radius 1 is 0.917 bits per heavy atom. The molecule has 0 bridgehead atoms. The first-order valence-corrected chi connectivity index (χ1v) is 12.0. The number of hydrogen-bond donors (Lipinski definition) is 2. The summed E-state index contributed by atoms with van der Waals surface area (Å²) in [6.45, 7) is 3.23. The summed E-state index contributed by atoms with van der Waals surface area (Å²) in [5, 5.41) is 3.84. The number of anilines is 2. The highest BCUT2D eigenvalue weighted by molar-refractivity contribution is 5.92. The Balaban J connectivity index is 0.000000445. The van der Waals surface area contributed by atoms with Crippen LogP contribution in [0, 0.1) is 11.6 Å². The van der Waals surface area contributed by atoms with E-state index in [-0.39, 0.29) is 34.7 Å². The number of fused-ring (bicyclic) bond motifs is 1. The molecule has 3 N–H and O–H groups in total. The Kier molecular flexibility index (Phi) is 8.65. The molecule has 2 aliphatic heterocycles. The van der Waals surface area contributed by atoms with Gasteiger partial charge in [0, 0.05) is 50.1 Å². The lowest BCUT2D eigenvalue weighted by Gasteiger charge is -2.24. The second-order valence-corrected chi connectivity index (χ2v) is 8.51. The van der Waals surface area contributed by atoms with Crippen molar-refractivity contribution in [2.24, 2.45) is 0 Å². The minimum absolute atomic E-state index is 0.0534. The van der Waals surface area contributed by atoms with Crippen LogP contribution in [-0.4, -0.2) is 61.6 Å². The Bertz CT molecular complexity index is 1150. The van der Waals surface area contributed by atoms with E-state index in [9.17, 15) is 0 Å². The van der Waals surface area contributed by atoms with Crippen molar-refractivity contribution in [2.75, 3.05) is 51.7 Å². The summed E-state index contributed by atoms with van der Waals surface area (Å²) >= 11 is 0. The minimum Gasteiger partial charge on any atom is -0.494 e. The number of aromatic nitrogens is 3. The maximum absolute atomic E-state index is 15.0. The molecule has 0 aliphatic carbocycles. The lowest BCUT2D eigenvalue weighted by atomic mass is 10.1. The summed E-state index contributed by atoms with van der Waals surface area (Å²) in [7, 11) is 2.59. The van der Waals surface area contributed by atoms with Crippen molar-refractivity contribution in [3.05, 3.63) is 30.0 Å². The Morgan fingerprint density at radius 2 is 1.56 bits per heavy atom. The molecule has 2 fully saturated rings. The van der Waals surface area contributed by atoms with Crippen LogP contribution in [0.3, 0.4) is 0 Å². The van der Waals surface area contributed by atoms with E-state index >= 15 is 8.78 Å². The average molecular weight is 504 g/mol. The second-order valence-electron chi connectivity index (χ2n) is 8.51. The predicted octanol–water partition coefficient (Wildman–Crippen LogP) is 4.35. The van der Waals surface area contributed by atoms with E-state index in [1.165, 1.54) is 45.7 Å². The van der Waals surface area contributed by atoms with E-state index in [2.05, 4.69) is 20.3 Å². The normalized spacial score (nSPS) is 16.2. The number of ether oxygens (including phenoxy) is 4. The summed E-state index contributed by atoms with van der Waals surface area (Å²) in [6.07, 6.45) is 6.96. The highest BCUT2D eigenvalue weighted by Gasteiger charge is 2.24. The lowest BCUT2D eigenvalue weighted by Crippen LogP contribution is -2.28. The Morgan fingerprint density at radius 3 is 2.11 bits per heavy atom. The van der Waals surface area contributed by atoms with Gasteiger partial charge in [-0.25, -0.2) is 23.7 Å². The van der Waals surface area contributed by atoms with Crippen molar-refractivity contribution in [3.8, 4) is 22.8 Å². The molecule has 0 saturated carbocycles. The second kappa shape index (κ2) is 12.1. The summed E-state index contributed by atoms with van der Waals surface area (Å²) in [4.78, 5) is 12.7. The van der Waals surface area contributed by atoms with Crippen molar-refractivity contribution in [1.29, 1.82) is 0 Å². The number of nitrogens with one attached hydrogen (secondary N) is 1. The maximum Gasteiger partial charge on any atom is 0.220 e. The van der Waals surface area contributed by atoms with Gasteiger partial charge in [-0.3, -0.25) is 0 Å². The van der Waals surface area contributed by atoms with Gasteiger partial charge in [0.1, 0.15) is 5.52 Å². The third kappa shape index (κ3) is 5.90. The molecule has 0 spiro atoms. The van der Waals surface area contributed by atoms with Crippen LogP contribution >= 0.6 is 0 Å². The van der Waals surface area contributed by atoms with Gasteiger partial charge in [-0.05, 0) is 38.2 Å². The van der Waals surface area contributed by atoms with Crippen molar-refractivity contribution in [2.45, 2.75) is 38.1 Å². The molecule has 0 atom stereocenters. The van der Waals surface area contributed by atoms with Gasteiger partial charge in [-0.2, -0.15) is 0 Å². The number of hydrogen-bond acceptors (Lipinski definition) is 9. The highest BCUT2D eigenvalue weighted by atomic mass is 19.1. The Hall–Kier alpha value is -3.31. The van der Waals surface area contributed by atoms with Gasteiger partial charge in [-0.1, -0.05) is 0 Å². The standard InChI is InChI=1S/C20H21F2N5O3.C5H10O/c1-28-13-8-14(29-2)17(22)15(16(13)21)12-7-10-9-24-20(23)27-18(10)19(26-12)25-11-3-5-30-6-4-11;1-2-4-6-5-3-1/h7-9,11H,3-6H2,1-2H3,(H,25,26)(H2,23,24,27);1-5H2. The van der Waals surface area contributed by atoms with Crippen LogP contribution in [0.25, 0.3) is 22.2 Å². The molecule has 36 heavy (non-hydrogen) atoms. The van der Waals surface area contributed by atoms with Crippen LogP contribution in [-0.2, 0) is 9.47 Å². The monoisotopic (exact) mass is 503 g/mol. The maximum atomic E-state index is 15.0. The number of pyridine rings is 1. The van der Waals surface area contributed by atoms with Gasteiger partial charge >= 0.3 is 0 Å². The molecule has 3 aromatic rings. The third-order valence-electron chi connectivity index (χ3n) is 6.05. The van der Waals surface area contributed by atoms with E-state index in [4.69, 9.17) is 24.7 Å². The molecule has 0 unspecified atom stereocenters. The number of halogens is 2. The molecular formula is C25H31F2N5O4. The molecular weight excluding hydrogens is 472 g/mol. The molecule has 2 aromatic heterocycles. The predicted molar refractivity (Wildman–Crippen MR) is 132 cm³/mol. The largest absolute Gasteiger partial charge is 0.494 e. The van der Waals surface area contributed by atoms with E-state index in [1.54, 1.807) is 0 Å². The number of rotatable bonds is 5. The summed E-state index contributed by atoms with van der Waals surface area (Å²) in [5.41, 5.74) is 5.91. The van der Waals surface area contributed by atoms with Crippen molar-refractivity contribution >= 4 is 22.7 Å². The van der Waals surface area contributed by atoms with Crippen LogP contribution in [0.4, 0.5) is 20.5 Å². The van der Waals surface area contributed by atoms with Crippen molar-refractivity contribution in [3.63, 3.8) is 0 Å². The Labute approximate surface area is 208 Å². The molecule has 194 valence electrons. The summed E-state index contributed by atoms with van der Waals surface area (Å²) < 4.78 is 50.6. The smallest absolute Gasteiger partial charge is 0.220 e. The molecule has 0 amide bonds. The molecule has 11 heteroatoms. The molecule has 5 rings (SSSR count). The lowest BCUT2D eigenvalue weighted by molar-refractivity contribution is 0.0904. The quantitative estimate of drug-likeness (QED) is 0.525. The van der Waals surface area contributed by atoms with Crippen LogP contribution in [0.2, 0.25) is 0 Å². The number of methoxy groups -OCH3 is 2. The fourth-order valence-electron chi connectivity index (χ4n) is 4.11. The zero-order valence-electron chi connectivity index (χ0n) is 20.5. The first kappa shape index (κ1) is 25.8. The molecule has 1 aromatic carbocycles. The summed E-state index contributed by atoms with van der Waals surface area (Å²) in [6, 6.07) is 2.74. The highest BCUT2D eigenvalue weighted by Crippen LogP contribution is 2.38. The molecule has 2 saturated heterocycles. The third-order valence-corrected chi connectivity index (χ3v) is 6.05. The average Bonchev–Trinajstić information content (AvgIpc) is 2.91. The van der Waals surface area contributed by atoms with Crippen molar-refractivity contribution in [1.82, 2.24) is 15.0 Å².